The Morgan fingerprint density at radius 2 is 2.17 bits per heavy atom. The zero-order chi connectivity index (χ0) is 21.8. The number of ether oxygens (including phenoxy) is 1. The van der Waals surface area contributed by atoms with Gasteiger partial charge in [0.15, 0.2) is 5.84 Å². The monoisotopic (exact) mass is 404 g/mol. The topological polar surface area (TPSA) is 66.3 Å². The van der Waals surface area contributed by atoms with Gasteiger partial charge in [-0.2, -0.15) is 4.99 Å². The lowest BCUT2D eigenvalue weighted by molar-refractivity contribution is -0.108. The molecular weight excluding hydrogens is 376 g/mol. The first kappa shape index (κ1) is 22.6. The summed E-state index contributed by atoms with van der Waals surface area (Å²) in [4.78, 5) is 21.1. The van der Waals surface area contributed by atoms with Crippen LogP contribution in [0.3, 0.4) is 0 Å². The molecule has 1 N–H and O–H groups in total. The number of hydrogen-bond acceptors (Lipinski definition) is 4. The third-order valence-electron chi connectivity index (χ3n) is 4.10. The van der Waals surface area contributed by atoms with E-state index in [0.717, 1.165) is 11.3 Å². The number of aliphatic imine (C=N–C) groups is 2. The average molecular weight is 405 g/mol. The number of amidine groups is 1. The number of nitrogens with zero attached hydrogens (tertiary/aromatic N) is 3. The molecule has 0 aromatic heterocycles. The Morgan fingerprint density at radius 3 is 2.83 bits per heavy atom. The van der Waals surface area contributed by atoms with Gasteiger partial charge in [0.1, 0.15) is 6.61 Å². The normalized spacial score (nSPS) is 16.5. The molecule has 3 rings (SSSR count). The first-order chi connectivity index (χ1) is 14.5. The molecule has 1 amide bonds. The molecule has 1 heterocycles. The molecule has 0 saturated heterocycles. The maximum atomic E-state index is 10.5. The van der Waals surface area contributed by atoms with Gasteiger partial charge in [-0.1, -0.05) is 36.9 Å². The second-order valence-corrected chi connectivity index (χ2v) is 6.75. The maximum absolute atomic E-state index is 10.5. The van der Waals surface area contributed by atoms with Gasteiger partial charge in [0.25, 0.3) is 0 Å². The molecule has 156 valence electrons. The van der Waals surface area contributed by atoms with Crippen molar-refractivity contribution in [3.63, 3.8) is 0 Å². The largest absolute Gasteiger partial charge is 0.469 e. The summed E-state index contributed by atoms with van der Waals surface area (Å²) in [6.45, 7) is 6.01. The van der Waals surface area contributed by atoms with E-state index in [2.05, 4.69) is 72.1 Å². The van der Waals surface area contributed by atoms with Crippen molar-refractivity contribution in [3.8, 4) is 0 Å². The van der Waals surface area contributed by atoms with Crippen LogP contribution in [-0.4, -0.2) is 38.8 Å². The van der Waals surface area contributed by atoms with Crippen LogP contribution in [0.5, 0.6) is 0 Å². The van der Waals surface area contributed by atoms with Crippen LogP contribution in [0.25, 0.3) is 0 Å². The minimum Gasteiger partial charge on any atom is -0.469 e. The third-order valence-corrected chi connectivity index (χ3v) is 4.10. The number of carbonyl (C=O) groups excluding carboxylic acids is 1. The van der Waals surface area contributed by atoms with Gasteiger partial charge in [0, 0.05) is 43.7 Å². The Labute approximate surface area is 178 Å². The number of benzene rings is 1. The van der Waals surface area contributed by atoms with Gasteiger partial charge >= 0.3 is 0 Å². The number of anilines is 1. The molecule has 0 bridgehead atoms. The van der Waals surface area contributed by atoms with Crippen molar-refractivity contribution < 1.29 is 9.53 Å². The van der Waals surface area contributed by atoms with Crippen molar-refractivity contribution in [1.82, 2.24) is 5.32 Å². The van der Waals surface area contributed by atoms with E-state index in [1.165, 1.54) is 11.3 Å². The van der Waals surface area contributed by atoms with Crippen molar-refractivity contribution in [2.24, 2.45) is 9.98 Å². The van der Waals surface area contributed by atoms with Crippen molar-refractivity contribution in [3.05, 3.63) is 90.3 Å². The minimum atomic E-state index is 0.335. The molecule has 0 radical (unpaired) electrons. The van der Waals surface area contributed by atoms with Crippen LogP contribution >= 0.6 is 0 Å². The molecule has 6 heteroatoms. The van der Waals surface area contributed by atoms with Crippen LogP contribution in [0.2, 0.25) is 0 Å². The summed E-state index contributed by atoms with van der Waals surface area (Å²) in [6.07, 6.45) is 13.9. The molecule has 0 unspecified atom stereocenters. The average Bonchev–Trinajstić information content (AvgIpc) is 3.07. The Bertz CT molecular complexity index is 934. The highest BCUT2D eigenvalue weighted by Gasteiger charge is 2.17. The summed E-state index contributed by atoms with van der Waals surface area (Å²) >= 11 is 0. The molecule has 0 fully saturated rings. The van der Waals surface area contributed by atoms with Crippen LogP contribution in [0.1, 0.15) is 12.0 Å². The summed E-state index contributed by atoms with van der Waals surface area (Å²) < 4.78 is 5.51. The molecule has 1 aromatic rings. The van der Waals surface area contributed by atoms with E-state index in [9.17, 15) is 4.79 Å². The second-order valence-electron chi connectivity index (χ2n) is 6.75. The van der Waals surface area contributed by atoms with Crippen molar-refractivity contribution in [2.45, 2.75) is 13.3 Å². The highest BCUT2D eigenvalue weighted by Crippen LogP contribution is 2.15. The lowest BCUT2D eigenvalue weighted by atomic mass is 10.2. The molecule has 0 spiro atoms. The van der Waals surface area contributed by atoms with Gasteiger partial charge in [-0.25, -0.2) is 4.99 Å². The van der Waals surface area contributed by atoms with Gasteiger partial charge < -0.3 is 15.0 Å². The zero-order valence-corrected chi connectivity index (χ0v) is 17.7. The standard InChI is InChI=1S/C15H15N3O2.C9H13N/c1-2-3-8-16-14-10-20-15(18-14)12-6-4-5-7-13(9-12)17-11-19;1-8-5-4-6-9(7-8)10(2)3/h2-6,8-9,11H,1,7,10H2,(H,17,19);4-7H,1-3H3/b8-3-,16-14?;. The summed E-state index contributed by atoms with van der Waals surface area (Å²) in [6, 6.07) is 8.45. The fourth-order valence-corrected chi connectivity index (χ4v) is 2.60. The molecular formula is C24H28N4O2. The molecule has 1 aromatic carbocycles. The number of rotatable bonds is 6. The Kier molecular flexibility index (Phi) is 9.06. The van der Waals surface area contributed by atoms with Gasteiger partial charge in [0.05, 0.1) is 0 Å². The van der Waals surface area contributed by atoms with Gasteiger partial charge in [-0.3, -0.25) is 4.79 Å². The predicted molar refractivity (Wildman–Crippen MR) is 125 cm³/mol. The van der Waals surface area contributed by atoms with E-state index in [-0.39, 0.29) is 0 Å². The maximum Gasteiger partial charge on any atom is 0.223 e. The summed E-state index contributed by atoms with van der Waals surface area (Å²) in [7, 11) is 4.10. The van der Waals surface area contributed by atoms with E-state index < -0.39 is 0 Å². The summed E-state index contributed by atoms with van der Waals surface area (Å²) in [5.41, 5.74) is 4.18. The number of nitrogens with one attached hydrogen (secondary N) is 1. The lowest BCUT2D eigenvalue weighted by Gasteiger charge is -2.11. The number of allylic oxidation sites excluding steroid dienone is 5. The molecule has 0 saturated carbocycles. The van der Waals surface area contributed by atoms with Crippen LogP contribution in [0.4, 0.5) is 5.69 Å². The van der Waals surface area contributed by atoms with Crippen molar-refractivity contribution in [2.75, 3.05) is 25.6 Å². The molecule has 2 aliphatic rings. The molecule has 1 aliphatic carbocycles. The zero-order valence-electron chi connectivity index (χ0n) is 17.7. The van der Waals surface area contributed by atoms with Crippen LogP contribution < -0.4 is 10.2 Å². The van der Waals surface area contributed by atoms with Gasteiger partial charge in [0.2, 0.25) is 12.3 Å². The van der Waals surface area contributed by atoms with Crippen LogP contribution in [0, 0.1) is 6.92 Å². The number of carbonyl (C=O) groups is 1. The SMILES string of the molecule is C=C/C=C\N=C1COC(C2=CC=CCC(NC=O)=C2)=N1.Cc1cccc(N(C)C)c1. The fraction of sp³-hybridized carbons (Fsp3) is 0.208. The molecule has 1 aliphatic heterocycles. The van der Waals surface area contributed by atoms with E-state index in [1.807, 2.05) is 24.3 Å². The Hall–Kier alpha value is -3.67. The fourth-order valence-electron chi connectivity index (χ4n) is 2.60. The van der Waals surface area contributed by atoms with Crippen LogP contribution in [0.15, 0.2) is 94.8 Å². The predicted octanol–water partition coefficient (Wildman–Crippen LogP) is 4.09. The first-order valence-electron chi connectivity index (χ1n) is 9.61. The second kappa shape index (κ2) is 12.0. The quantitative estimate of drug-likeness (QED) is 0.574. The minimum absolute atomic E-state index is 0.335. The van der Waals surface area contributed by atoms with Gasteiger partial charge in [-0.15, -0.1) is 0 Å². The highest BCUT2D eigenvalue weighted by atomic mass is 16.5. The Balaban J connectivity index is 0.000000269. The number of aryl methyl sites for hydroxylation is 1. The van der Waals surface area contributed by atoms with Crippen molar-refractivity contribution >= 4 is 23.8 Å². The van der Waals surface area contributed by atoms with E-state index in [1.54, 1.807) is 18.4 Å². The van der Waals surface area contributed by atoms with Crippen LogP contribution in [-0.2, 0) is 9.53 Å². The number of hydrogen-bond donors (Lipinski definition) is 1. The van der Waals surface area contributed by atoms with Gasteiger partial charge in [-0.05, 0) is 42.8 Å². The summed E-state index contributed by atoms with van der Waals surface area (Å²) in [5, 5.41) is 2.66. The molecule has 30 heavy (non-hydrogen) atoms. The van der Waals surface area contributed by atoms with E-state index >= 15 is 0 Å². The number of amides is 1. The lowest BCUT2D eigenvalue weighted by Crippen LogP contribution is -2.11. The van der Waals surface area contributed by atoms with E-state index in [0.29, 0.717) is 31.2 Å². The first-order valence-corrected chi connectivity index (χ1v) is 9.61. The highest BCUT2D eigenvalue weighted by molar-refractivity contribution is 6.09. The summed E-state index contributed by atoms with van der Waals surface area (Å²) in [5.74, 6) is 1.11. The molecule has 6 nitrogen and oxygen atoms in total. The van der Waals surface area contributed by atoms with E-state index in [4.69, 9.17) is 4.74 Å². The van der Waals surface area contributed by atoms with Crippen molar-refractivity contribution in [1.29, 1.82) is 0 Å². The third kappa shape index (κ3) is 7.39. The Morgan fingerprint density at radius 1 is 1.33 bits per heavy atom. The smallest absolute Gasteiger partial charge is 0.223 e. The molecule has 0 atom stereocenters.